The number of hydrogen-bond acceptors (Lipinski definition) is 2. The van der Waals surface area contributed by atoms with Gasteiger partial charge in [0.2, 0.25) is 0 Å². The van der Waals surface area contributed by atoms with E-state index in [4.69, 9.17) is 0 Å². The molecular weight excluding hydrogens is 314 g/mol. The molecule has 0 aromatic heterocycles. The van der Waals surface area contributed by atoms with E-state index in [0.717, 1.165) is 17.5 Å². The molecule has 138 valence electrons. The monoisotopic (exact) mass is 345 g/mol. The Bertz CT molecular complexity index is 634. The number of aryl methyl sites for hydroxylation is 2. The molecule has 0 atom stereocenters. The van der Waals surface area contributed by atoms with E-state index in [2.05, 4.69) is 26.1 Å². The largest absolute Gasteiger partial charge is 0.337 e. The van der Waals surface area contributed by atoms with E-state index in [1.54, 1.807) is 0 Å². The molecule has 1 aromatic carbocycles. The highest BCUT2D eigenvalue weighted by atomic mass is 16.2. The van der Waals surface area contributed by atoms with Gasteiger partial charge in [0, 0.05) is 38.3 Å². The summed E-state index contributed by atoms with van der Waals surface area (Å²) in [5.74, 6) is 0.0556. The van der Waals surface area contributed by atoms with Gasteiger partial charge < -0.3 is 15.1 Å². The quantitative estimate of drug-likeness (QED) is 0.895. The number of rotatable bonds is 2. The number of nitrogens with one attached hydrogen (secondary N) is 1. The van der Waals surface area contributed by atoms with Gasteiger partial charge in [-0.2, -0.15) is 0 Å². The number of nitrogens with zero attached hydrogens (tertiary/aromatic N) is 2. The molecule has 1 aliphatic heterocycles. The number of carbonyl (C=O) groups is 2. The maximum atomic E-state index is 12.8. The Hall–Kier alpha value is -2.04. The van der Waals surface area contributed by atoms with Crippen LogP contribution in [0.3, 0.4) is 0 Å². The molecule has 2 rings (SSSR count). The van der Waals surface area contributed by atoms with E-state index in [-0.39, 0.29) is 17.4 Å². The Morgan fingerprint density at radius 2 is 1.64 bits per heavy atom. The maximum Gasteiger partial charge on any atom is 0.317 e. The zero-order chi connectivity index (χ0) is 18.6. The van der Waals surface area contributed by atoms with Gasteiger partial charge in [-0.25, -0.2) is 4.79 Å². The molecule has 3 amide bonds. The Morgan fingerprint density at radius 3 is 2.28 bits per heavy atom. The van der Waals surface area contributed by atoms with Crippen LogP contribution in [0.2, 0.25) is 0 Å². The van der Waals surface area contributed by atoms with Crippen molar-refractivity contribution >= 4 is 11.9 Å². The van der Waals surface area contributed by atoms with Crippen LogP contribution in [0.1, 0.15) is 48.7 Å². The molecule has 25 heavy (non-hydrogen) atoms. The minimum Gasteiger partial charge on any atom is -0.337 e. The van der Waals surface area contributed by atoms with Crippen LogP contribution in [-0.4, -0.2) is 54.5 Å². The summed E-state index contributed by atoms with van der Waals surface area (Å²) >= 11 is 0. The zero-order valence-electron chi connectivity index (χ0n) is 16.2. The molecular formula is C20H31N3O2. The van der Waals surface area contributed by atoms with Crippen molar-refractivity contribution < 1.29 is 9.59 Å². The van der Waals surface area contributed by atoms with E-state index in [9.17, 15) is 9.59 Å². The van der Waals surface area contributed by atoms with E-state index in [1.165, 1.54) is 5.56 Å². The standard InChI is InChI=1S/C20H31N3O2/c1-15-7-8-17(13-16(15)2)18(24)22-9-6-10-23(12-11-22)19(25)21-14-20(3,4)5/h7-8,13H,6,9-12,14H2,1-5H3,(H,21,25). The SMILES string of the molecule is Cc1ccc(C(=O)N2CCCN(C(=O)NCC(C)(C)C)CC2)cc1C. The summed E-state index contributed by atoms with van der Waals surface area (Å²) in [4.78, 5) is 28.8. The second-order valence-corrected chi connectivity index (χ2v) is 8.15. The molecule has 5 nitrogen and oxygen atoms in total. The molecule has 1 aliphatic rings. The summed E-state index contributed by atoms with van der Waals surface area (Å²) in [6, 6.07) is 5.81. The summed E-state index contributed by atoms with van der Waals surface area (Å²) < 4.78 is 0. The predicted molar refractivity (Wildman–Crippen MR) is 101 cm³/mol. The van der Waals surface area contributed by atoms with Gasteiger partial charge in [-0.15, -0.1) is 0 Å². The van der Waals surface area contributed by atoms with Crippen LogP contribution in [0.5, 0.6) is 0 Å². The fraction of sp³-hybridized carbons (Fsp3) is 0.600. The molecule has 1 N–H and O–H groups in total. The van der Waals surface area contributed by atoms with Crippen molar-refractivity contribution in [3.63, 3.8) is 0 Å². The van der Waals surface area contributed by atoms with E-state index in [1.807, 2.05) is 41.8 Å². The lowest BCUT2D eigenvalue weighted by atomic mass is 9.97. The molecule has 0 bridgehead atoms. The molecule has 0 radical (unpaired) electrons. The lowest BCUT2D eigenvalue weighted by Gasteiger charge is -2.25. The van der Waals surface area contributed by atoms with E-state index in [0.29, 0.717) is 32.7 Å². The molecule has 0 unspecified atom stereocenters. The fourth-order valence-electron chi connectivity index (χ4n) is 2.83. The third kappa shape index (κ3) is 5.48. The number of urea groups is 1. The lowest BCUT2D eigenvalue weighted by Crippen LogP contribution is -2.44. The van der Waals surface area contributed by atoms with Crippen molar-refractivity contribution in [3.05, 3.63) is 34.9 Å². The van der Waals surface area contributed by atoms with Gasteiger partial charge in [0.1, 0.15) is 0 Å². The third-order valence-electron chi connectivity index (χ3n) is 4.59. The molecule has 1 saturated heterocycles. The predicted octanol–water partition coefficient (Wildman–Crippen LogP) is 3.21. The third-order valence-corrected chi connectivity index (χ3v) is 4.59. The van der Waals surface area contributed by atoms with Gasteiger partial charge >= 0.3 is 6.03 Å². The molecule has 5 heteroatoms. The highest BCUT2D eigenvalue weighted by molar-refractivity contribution is 5.94. The van der Waals surface area contributed by atoms with Gasteiger partial charge in [-0.3, -0.25) is 4.79 Å². The molecule has 1 fully saturated rings. The summed E-state index contributed by atoms with van der Waals surface area (Å²) in [5.41, 5.74) is 3.11. The normalized spacial score (nSPS) is 15.7. The van der Waals surface area contributed by atoms with Gasteiger partial charge in [-0.05, 0) is 48.9 Å². The van der Waals surface area contributed by atoms with E-state index >= 15 is 0 Å². The van der Waals surface area contributed by atoms with Crippen LogP contribution in [-0.2, 0) is 0 Å². The highest BCUT2D eigenvalue weighted by Crippen LogP contribution is 2.14. The second-order valence-electron chi connectivity index (χ2n) is 8.15. The minimum absolute atomic E-state index is 0.0320. The number of carbonyl (C=O) groups excluding carboxylic acids is 2. The smallest absolute Gasteiger partial charge is 0.317 e. The van der Waals surface area contributed by atoms with Crippen molar-refractivity contribution in [3.8, 4) is 0 Å². The van der Waals surface area contributed by atoms with Crippen molar-refractivity contribution in [1.82, 2.24) is 15.1 Å². The van der Waals surface area contributed by atoms with Crippen molar-refractivity contribution in [2.75, 3.05) is 32.7 Å². The first-order valence-electron chi connectivity index (χ1n) is 9.07. The van der Waals surface area contributed by atoms with Gasteiger partial charge in [0.15, 0.2) is 0 Å². The number of benzene rings is 1. The summed E-state index contributed by atoms with van der Waals surface area (Å²) in [7, 11) is 0. The first-order valence-corrected chi connectivity index (χ1v) is 9.07. The van der Waals surface area contributed by atoms with Crippen molar-refractivity contribution in [1.29, 1.82) is 0 Å². The second kappa shape index (κ2) is 7.89. The number of amides is 3. The Kier molecular flexibility index (Phi) is 6.09. The van der Waals surface area contributed by atoms with Crippen LogP contribution in [0.25, 0.3) is 0 Å². The van der Waals surface area contributed by atoms with Crippen LogP contribution in [0.15, 0.2) is 18.2 Å². The zero-order valence-corrected chi connectivity index (χ0v) is 16.2. The topological polar surface area (TPSA) is 52.7 Å². The first-order chi connectivity index (χ1) is 11.7. The van der Waals surface area contributed by atoms with Crippen LogP contribution >= 0.6 is 0 Å². The molecule has 1 heterocycles. The average Bonchev–Trinajstić information content (AvgIpc) is 2.80. The Labute approximate surface area is 151 Å². The maximum absolute atomic E-state index is 12.8. The minimum atomic E-state index is -0.0320. The average molecular weight is 345 g/mol. The summed E-state index contributed by atoms with van der Waals surface area (Å²) in [6.45, 7) is 13.5. The molecule has 1 aromatic rings. The Balaban J connectivity index is 1.95. The molecule has 0 spiro atoms. The van der Waals surface area contributed by atoms with Crippen LogP contribution in [0.4, 0.5) is 4.79 Å². The molecule has 0 aliphatic carbocycles. The van der Waals surface area contributed by atoms with Gasteiger partial charge in [0.05, 0.1) is 0 Å². The first kappa shape index (κ1) is 19.3. The van der Waals surface area contributed by atoms with Crippen LogP contribution < -0.4 is 5.32 Å². The molecule has 0 saturated carbocycles. The summed E-state index contributed by atoms with van der Waals surface area (Å²) in [6.07, 6.45) is 0.805. The fourth-order valence-corrected chi connectivity index (χ4v) is 2.83. The van der Waals surface area contributed by atoms with Crippen molar-refractivity contribution in [2.45, 2.75) is 41.0 Å². The van der Waals surface area contributed by atoms with Gasteiger partial charge in [-0.1, -0.05) is 26.8 Å². The van der Waals surface area contributed by atoms with Crippen LogP contribution in [0, 0.1) is 19.3 Å². The number of hydrogen-bond donors (Lipinski definition) is 1. The highest BCUT2D eigenvalue weighted by Gasteiger charge is 2.23. The lowest BCUT2D eigenvalue weighted by molar-refractivity contribution is 0.0762. The summed E-state index contributed by atoms with van der Waals surface area (Å²) in [5, 5.41) is 2.99. The van der Waals surface area contributed by atoms with Gasteiger partial charge in [0.25, 0.3) is 5.91 Å². The Morgan fingerprint density at radius 1 is 1.00 bits per heavy atom. The van der Waals surface area contributed by atoms with E-state index < -0.39 is 0 Å². The van der Waals surface area contributed by atoms with Crippen molar-refractivity contribution in [2.24, 2.45) is 5.41 Å².